The van der Waals surface area contributed by atoms with Gasteiger partial charge in [-0.2, -0.15) is 5.10 Å². The van der Waals surface area contributed by atoms with Crippen molar-refractivity contribution in [2.45, 2.75) is 64.5 Å². The Morgan fingerprint density at radius 3 is 2.58 bits per heavy atom. The Morgan fingerprint density at radius 1 is 0.935 bits per heavy atom. The van der Waals surface area contributed by atoms with Gasteiger partial charge in [-0.3, -0.25) is 4.90 Å². The molecule has 5 rings (SSSR count). The van der Waals surface area contributed by atoms with E-state index in [1.54, 1.807) is 0 Å². The number of rotatable bonds is 5. The zero-order chi connectivity index (χ0) is 21.0. The van der Waals surface area contributed by atoms with Crippen LogP contribution < -0.4 is 5.32 Å². The maximum Gasteiger partial charge on any atom is 0.133 e. The van der Waals surface area contributed by atoms with E-state index in [-0.39, 0.29) is 0 Å². The molecule has 3 aromatic rings. The van der Waals surface area contributed by atoms with Gasteiger partial charge in [0.2, 0.25) is 0 Å². The normalized spacial score (nSPS) is 19.5. The average Bonchev–Trinajstić information content (AvgIpc) is 3.00. The van der Waals surface area contributed by atoms with Crippen molar-refractivity contribution >= 4 is 5.82 Å². The van der Waals surface area contributed by atoms with E-state index in [4.69, 9.17) is 5.10 Å². The summed E-state index contributed by atoms with van der Waals surface area (Å²) in [5.74, 6) is 1.22. The van der Waals surface area contributed by atoms with Crippen molar-refractivity contribution in [2.75, 3.05) is 18.4 Å². The van der Waals surface area contributed by atoms with Crippen molar-refractivity contribution in [3.05, 3.63) is 77.0 Å². The Kier molecular flexibility index (Phi) is 6.08. The topological polar surface area (TPSA) is 33.1 Å². The molecule has 4 heteroatoms. The summed E-state index contributed by atoms with van der Waals surface area (Å²) in [5, 5.41) is 9.01. The van der Waals surface area contributed by atoms with Crippen LogP contribution in [0.25, 0.3) is 5.69 Å². The number of nitrogens with one attached hydrogen (secondary N) is 1. The number of benzene rings is 2. The van der Waals surface area contributed by atoms with Crippen LogP contribution in [0.1, 0.15) is 67.5 Å². The summed E-state index contributed by atoms with van der Waals surface area (Å²) in [6, 6.07) is 20.2. The van der Waals surface area contributed by atoms with Crippen LogP contribution in [0.15, 0.2) is 54.6 Å². The minimum Gasteiger partial charge on any atom is -0.370 e. The minimum absolute atomic E-state index is 0.402. The van der Waals surface area contributed by atoms with E-state index in [0.29, 0.717) is 6.04 Å². The summed E-state index contributed by atoms with van der Waals surface area (Å²) in [6.07, 6.45) is 8.42. The molecule has 4 nitrogen and oxygen atoms in total. The summed E-state index contributed by atoms with van der Waals surface area (Å²) in [7, 11) is 0. The fourth-order valence-corrected chi connectivity index (χ4v) is 5.16. The quantitative estimate of drug-likeness (QED) is 0.563. The van der Waals surface area contributed by atoms with Crippen molar-refractivity contribution in [1.29, 1.82) is 0 Å². The fourth-order valence-electron chi connectivity index (χ4n) is 5.16. The Morgan fingerprint density at radius 2 is 1.77 bits per heavy atom. The average molecular weight is 415 g/mol. The molecule has 1 unspecified atom stereocenters. The molecule has 0 amide bonds. The van der Waals surface area contributed by atoms with Gasteiger partial charge >= 0.3 is 0 Å². The van der Waals surface area contributed by atoms with Gasteiger partial charge in [0.15, 0.2) is 0 Å². The third-order valence-corrected chi connectivity index (χ3v) is 6.91. The van der Waals surface area contributed by atoms with Crippen molar-refractivity contribution in [2.24, 2.45) is 0 Å². The summed E-state index contributed by atoms with van der Waals surface area (Å²) in [5.41, 5.74) is 6.69. The second-order valence-electron chi connectivity index (χ2n) is 9.00. The highest BCUT2D eigenvalue weighted by molar-refractivity contribution is 5.55. The molecule has 0 aliphatic carbocycles. The van der Waals surface area contributed by atoms with Gasteiger partial charge in [0.1, 0.15) is 5.82 Å². The zero-order valence-corrected chi connectivity index (χ0v) is 18.7. The lowest BCUT2D eigenvalue weighted by Gasteiger charge is -2.35. The van der Waals surface area contributed by atoms with Gasteiger partial charge in [0.25, 0.3) is 0 Å². The van der Waals surface area contributed by atoms with E-state index >= 15 is 0 Å². The summed E-state index contributed by atoms with van der Waals surface area (Å²) >= 11 is 0. The molecule has 31 heavy (non-hydrogen) atoms. The van der Waals surface area contributed by atoms with E-state index in [9.17, 15) is 0 Å². The molecule has 0 saturated carbocycles. The number of likely N-dealkylation sites (tertiary alicyclic amines) is 1. The van der Waals surface area contributed by atoms with Gasteiger partial charge in [-0.25, -0.2) is 4.68 Å². The van der Waals surface area contributed by atoms with Gasteiger partial charge in [0, 0.05) is 18.7 Å². The Hall–Kier alpha value is -2.59. The summed E-state index contributed by atoms with van der Waals surface area (Å²) in [6.45, 7) is 5.40. The Labute approximate surface area is 186 Å². The van der Waals surface area contributed by atoms with E-state index in [2.05, 4.69) is 76.4 Å². The van der Waals surface area contributed by atoms with Gasteiger partial charge in [-0.1, -0.05) is 55.8 Å². The van der Waals surface area contributed by atoms with Gasteiger partial charge in [0.05, 0.1) is 17.4 Å². The van der Waals surface area contributed by atoms with Crippen LogP contribution in [0.2, 0.25) is 0 Å². The Balaban J connectivity index is 1.53. The molecule has 0 spiro atoms. The highest BCUT2D eigenvalue weighted by Crippen LogP contribution is 2.38. The summed E-state index contributed by atoms with van der Waals surface area (Å²) in [4.78, 5) is 2.66. The summed E-state index contributed by atoms with van der Waals surface area (Å²) < 4.78 is 2.19. The molecule has 2 aromatic carbocycles. The van der Waals surface area contributed by atoms with Crippen LogP contribution in [0, 0.1) is 0 Å². The van der Waals surface area contributed by atoms with Crippen LogP contribution in [-0.2, 0) is 19.4 Å². The molecule has 1 atom stereocenters. The van der Waals surface area contributed by atoms with E-state index in [0.717, 1.165) is 32.5 Å². The SMILES string of the molecule is CCc1ccc(-n2nc(C3CCCCN3Cc3ccccc3)c3c2NCCCC3)cc1. The van der Waals surface area contributed by atoms with Crippen LogP contribution in [0.4, 0.5) is 5.82 Å². The molecular formula is C27H34N4. The van der Waals surface area contributed by atoms with Crippen LogP contribution in [0.5, 0.6) is 0 Å². The second kappa shape index (κ2) is 9.27. The molecule has 1 fully saturated rings. The number of anilines is 1. The van der Waals surface area contributed by atoms with E-state index in [1.807, 2.05) is 0 Å². The predicted octanol–water partition coefficient (Wildman–Crippen LogP) is 5.91. The molecule has 1 aromatic heterocycles. The van der Waals surface area contributed by atoms with E-state index in [1.165, 1.54) is 66.0 Å². The lowest BCUT2D eigenvalue weighted by Crippen LogP contribution is -2.33. The third kappa shape index (κ3) is 4.27. The largest absolute Gasteiger partial charge is 0.370 e. The van der Waals surface area contributed by atoms with Gasteiger partial charge in [-0.05, 0) is 68.3 Å². The molecule has 3 heterocycles. The molecule has 0 bridgehead atoms. The van der Waals surface area contributed by atoms with Crippen molar-refractivity contribution in [1.82, 2.24) is 14.7 Å². The number of fused-ring (bicyclic) bond motifs is 1. The number of piperidine rings is 1. The van der Waals surface area contributed by atoms with E-state index < -0.39 is 0 Å². The molecule has 2 aliphatic heterocycles. The Bertz CT molecular complexity index is 990. The maximum absolute atomic E-state index is 5.29. The highest BCUT2D eigenvalue weighted by Gasteiger charge is 2.31. The maximum atomic E-state index is 5.29. The van der Waals surface area contributed by atoms with Crippen LogP contribution in [0.3, 0.4) is 0 Å². The molecule has 1 saturated heterocycles. The zero-order valence-electron chi connectivity index (χ0n) is 18.7. The standard InChI is InChI=1S/C27H34N4/c1-2-21-14-16-23(17-15-21)31-27-24(12-6-8-18-28-27)26(29-31)25-13-7-9-19-30(25)20-22-10-4-3-5-11-22/h3-5,10-11,14-17,25,28H,2,6-9,12-13,18-20H2,1H3. The predicted molar refractivity (Wildman–Crippen MR) is 128 cm³/mol. The molecular weight excluding hydrogens is 380 g/mol. The van der Waals surface area contributed by atoms with Crippen molar-refractivity contribution in [3.63, 3.8) is 0 Å². The number of aromatic nitrogens is 2. The number of aryl methyl sites for hydroxylation is 1. The number of hydrogen-bond acceptors (Lipinski definition) is 3. The molecule has 2 aliphatic rings. The third-order valence-electron chi connectivity index (χ3n) is 6.91. The van der Waals surface area contributed by atoms with Crippen molar-refractivity contribution < 1.29 is 0 Å². The number of nitrogens with zero attached hydrogens (tertiary/aromatic N) is 3. The minimum atomic E-state index is 0.402. The molecule has 1 N–H and O–H groups in total. The first-order valence-electron chi connectivity index (χ1n) is 12.1. The van der Waals surface area contributed by atoms with Gasteiger partial charge in [-0.15, -0.1) is 0 Å². The van der Waals surface area contributed by atoms with Crippen LogP contribution in [-0.4, -0.2) is 27.8 Å². The number of hydrogen-bond donors (Lipinski definition) is 1. The first kappa shape index (κ1) is 20.3. The second-order valence-corrected chi connectivity index (χ2v) is 9.00. The highest BCUT2D eigenvalue weighted by atomic mass is 15.4. The van der Waals surface area contributed by atoms with Crippen molar-refractivity contribution in [3.8, 4) is 5.69 Å². The fraction of sp³-hybridized carbons (Fsp3) is 0.444. The first-order valence-corrected chi connectivity index (χ1v) is 12.1. The monoisotopic (exact) mass is 414 g/mol. The van der Waals surface area contributed by atoms with Crippen LogP contribution >= 0.6 is 0 Å². The lowest BCUT2D eigenvalue weighted by molar-refractivity contribution is 0.136. The first-order chi connectivity index (χ1) is 15.3. The molecule has 0 radical (unpaired) electrons. The lowest BCUT2D eigenvalue weighted by atomic mass is 9.94. The smallest absolute Gasteiger partial charge is 0.133 e. The molecule has 162 valence electrons. The van der Waals surface area contributed by atoms with Gasteiger partial charge < -0.3 is 5.32 Å².